The van der Waals surface area contributed by atoms with Gasteiger partial charge in [-0.25, -0.2) is 0 Å². The Hall–Kier alpha value is -6.59. The number of nitrogens with zero attached hydrogens (tertiary/aromatic N) is 3. The second-order valence-corrected chi connectivity index (χ2v) is 17.6. The highest BCUT2D eigenvalue weighted by Crippen LogP contribution is 2.44. The molecule has 63 heavy (non-hydrogen) atoms. The van der Waals surface area contributed by atoms with E-state index in [0.29, 0.717) is 18.1 Å². The first kappa shape index (κ1) is 43.1. The van der Waals surface area contributed by atoms with E-state index in [0.717, 1.165) is 47.1 Å². The van der Waals surface area contributed by atoms with Gasteiger partial charge in [-0.05, 0) is 123 Å². The van der Waals surface area contributed by atoms with Crippen molar-refractivity contribution in [2.75, 3.05) is 9.80 Å². The average Bonchev–Trinajstić information content (AvgIpc) is 3.63. The molecule has 0 aliphatic heterocycles. The summed E-state index contributed by atoms with van der Waals surface area (Å²) >= 11 is 0. The Bertz CT molecular complexity index is 2550. The molecule has 0 spiro atoms. The topological polar surface area (TPSA) is 37.7 Å². The Labute approximate surface area is 374 Å². The van der Waals surface area contributed by atoms with E-state index < -0.39 is 5.41 Å². The number of hydrogen-bond acceptors (Lipinski definition) is 4. The summed E-state index contributed by atoms with van der Waals surface area (Å²) in [5, 5.41) is 2.59. The summed E-state index contributed by atoms with van der Waals surface area (Å²) in [4.78, 5) is 19.1. The molecule has 0 aliphatic rings. The third kappa shape index (κ3) is 9.59. The molecule has 0 amide bonds. The van der Waals surface area contributed by atoms with Crippen LogP contribution in [0, 0.1) is 11.3 Å². The fourth-order valence-corrected chi connectivity index (χ4v) is 9.23. The number of carbonyl (C=O) groups excluding carboxylic acids is 1. The van der Waals surface area contributed by atoms with Gasteiger partial charge in [-0.2, -0.15) is 0 Å². The molecule has 320 valence electrons. The fourth-order valence-electron chi connectivity index (χ4n) is 9.23. The summed E-state index contributed by atoms with van der Waals surface area (Å²) in [7, 11) is 0. The number of aromatic nitrogens is 1. The number of rotatable bonds is 18. The minimum atomic E-state index is -0.787. The lowest BCUT2D eigenvalue weighted by Crippen LogP contribution is -2.31. The van der Waals surface area contributed by atoms with Crippen LogP contribution in [0.1, 0.15) is 84.6 Å². The maximum atomic E-state index is 14.7. The molecule has 8 rings (SSSR count). The first-order valence-electron chi connectivity index (χ1n) is 23.0. The van der Waals surface area contributed by atoms with Gasteiger partial charge >= 0.3 is 5.97 Å². The van der Waals surface area contributed by atoms with E-state index in [1.165, 1.54) is 53.1 Å². The summed E-state index contributed by atoms with van der Waals surface area (Å²) in [6.07, 6.45) is 6.48. The molecule has 5 heteroatoms. The van der Waals surface area contributed by atoms with Gasteiger partial charge in [0.25, 0.3) is 0 Å². The third-order valence-electron chi connectivity index (χ3n) is 12.7. The lowest BCUT2D eigenvalue weighted by atomic mass is 9.78. The third-order valence-corrected chi connectivity index (χ3v) is 12.7. The molecule has 1 heterocycles. The van der Waals surface area contributed by atoms with Gasteiger partial charge in [0.2, 0.25) is 0 Å². The number of unbranched alkanes of at least 4 members (excludes halogenated alkanes) is 1. The van der Waals surface area contributed by atoms with Gasteiger partial charge in [-0.3, -0.25) is 4.79 Å². The summed E-state index contributed by atoms with van der Waals surface area (Å²) in [6, 6.07) is 63.4. The molecule has 0 saturated heterocycles. The number of fused-ring (bicyclic) bond motifs is 3. The Morgan fingerprint density at radius 1 is 0.556 bits per heavy atom. The molecule has 0 bridgehead atoms. The van der Waals surface area contributed by atoms with Crippen LogP contribution in [-0.4, -0.2) is 10.5 Å². The van der Waals surface area contributed by atoms with Crippen LogP contribution in [0.5, 0.6) is 5.75 Å². The second-order valence-electron chi connectivity index (χ2n) is 17.6. The van der Waals surface area contributed by atoms with E-state index in [1.54, 1.807) is 0 Å². The highest BCUT2D eigenvalue weighted by Gasteiger charge is 2.34. The summed E-state index contributed by atoms with van der Waals surface area (Å²) < 4.78 is 9.15. The first-order valence-corrected chi connectivity index (χ1v) is 23.0. The van der Waals surface area contributed by atoms with Crippen molar-refractivity contribution in [3.63, 3.8) is 0 Å². The molecule has 8 aromatic rings. The predicted molar refractivity (Wildman–Crippen MR) is 266 cm³/mol. The molecule has 5 nitrogen and oxygen atoms in total. The van der Waals surface area contributed by atoms with Gasteiger partial charge < -0.3 is 19.1 Å². The van der Waals surface area contributed by atoms with Crippen molar-refractivity contribution in [1.29, 1.82) is 0 Å². The van der Waals surface area contributed by atoms with Gasteiger partial charge in [-0.1, -0.05) is 137 Å². The van der Waals surface area contributed by atoms with Crippen molar-refractivity contribution >= 4 is 61.9 Å². The molecule has 0 radical (unpaired) electrons. The van der Waals surface area contributed by atoms with Gasteiger partial charge in [0, 0.05) is 63.2 Å². The Balaban J connectivity index is 1.15. The molecule has 0 fully saturated rings. The van der Waals surface area contributed by atoms with Crippen LogP contribution in [0.25, 0.3) is 21.8 Å². The quantitative estimate of drug-likeness (QED) is 0.0638. The average molecular weight is 832 g/mol. The van der Waals surface area contributed by atoms with Crippen molar-refractivity contribution in [2.45, 2.75) is 85.6 Å². The molecule has 2 unspecified atom stereocenters. The van der Waals surface area contributed by atoms with Crippen LogP contribution >= 0.6 is 0 Å². The zero-order valence-corrected chi connectivity index (χ0v) is 37.6. The summed E-state index contributed by atoms with van der Waals surface area (Å²) in [5.74, 6) is 1.04. The van der Waals surface area contributed by atoms with Crippen molar-refractivity contribution in [3.05, 3.63) is 188 Å². The maximum absolute atomic E-state index is 14.7. The van der Waals surface area contributed by atoms with Crippen LogP contribution in [0.4, 0.5) is 34.1 Å². The van der Waals surface area contributed by atoms with Crippen molar-refractivity contribution < 1.29 is 9.53 Å². The number of anilines is 6. The maximum Gasteiger partial charge on any atom is 0.316 e. The highest BCUT2D eigenvalue weighted by molar-refractivity contribution is 6.08. The molecule has 7 aromatic carbocycles. The highest BCUT2D eigenvalue weighted by atomic mass is 16.5. The van der Waals surface area contributed by atoms with E-state index >= 15 is 0 Å². The Kier molecular flexibility index (Phi) is 13.4. The smallest absolute Gasteiger partial charge is 0.316 e. The van der Waals surface area contributed by atoms with Gasteiger partial charge in [0.1, 0.15) is 5.75 Å². The Morgan fingerprint density at radius 2 is 1.05 bits per heavy atom. The lowest BCUT2D eigenvalue weighted by Gasteiger charge is -2.31. The number of carbonyl (C=O) groups is 1. The van der Waals surface area contributed by atoms with Gasteiger partial charge in [0.05, 0.1) is 16.8 Å². The van der Waals surface area contributed by atoms with Crippen molar-refractivity contribution in [2.24, 2.45) is 11.3 Å². The normalized spacial score (nSPS) is 12.6. The SMILES string of the molecule is CCCCC(CC)Cn1c2ccccc2c2cc(C(CC)CC(C)(C)C(=O)Oc3cc(N(c4ccccc4)c4ccccc4)cc(N(c4ccccc4)c4ccccc4)c3)ccc21. The standard InChI is InChI=1S/C58H61N3O2/c1-6-9-24-43(7-2)42-59-55-34-23-22-33-53(55)54-37-45(35-36-56(54)59)44(8-3)41-58(4,5)57(62)63-52-39-50(60(46-25-14-10-15-26-46)47-27-16-11-17-28-47)38-51(40-52)61(48-29-18-12-19-30-48)49-31-20-13-21-32-49/h10-23,25-40,43-44H,6-9,24,41-42H2,1-5H3. The number of benzene rings is 7. The lowest BCUT2D eigenvalue weighted by molar-refractivity contribution is -0.144. The van der Waals surface area contributed by atoms with Crippen LogP contribution in [0.3, 0.4) is 0 Å². The predicted octanol–water partition coefficient (Wildman–Crippen LogP) is 16.5. The number of ether oxygens (including phenoxy) is 1. The van der Waals surface area contributed by atoms with E-state index in [9.17, 15) is 4.79 Å². The summed E-state index contributed by atoms with van der Waals surface area (Å²) in [5.41, 5.74) is 8.80. The molecular formula is C58H61N3O2. The van der Waals surface area contributed by atoms with Crippen molar-refractivity contribution in [1.82, 2.24) is 4.57 Å². The van der Waals surface area contributed by atoms with Crippen LogP contribution in [-0.2, 0) is 11.3 Å². The second kappa shape index (κ2) is 19.6. The van der Waals surface area contributed by atoms with Crippen molar-refractivity contribution in [3.8, 4) is 5.75 Å². The summed E-state index contributed by atoms with van der Waals surface area (Å²) in [6.45, 7) is 11.9. The largest absolute Gasteiger partial charge is 0.426 e. The van der Waals surface area contributed by atoms with Crippen LogP contribution < -0.4 is 14.5 Å². The monoisotopic (exact) mass is 831 g/mol. The zero-order valence-electron chi connectivity index (χ0n) is 37.6. The van der Waals surface area contributed by atoms with E-state index in [2.05, 4.69) is 181 Å². The zero-order chi connectivity index (χ0) is 43.8. The van der Waals surface area contributed by atoms with E-state index in [-0.39, 0.29) is 11.9 Å². The fraction of sp³-hybridized carbons (Fsp3) is 0.259. The van der Waals surface area contributed by atoms with Crippen LogP contribution in [0.15, 0.2) is 182 Å². The molecular weight excluding hydrogens is 771 g/mol. The Morgan fingerprint density at radius 3 is 1.54 bits per heavy atom. The number of esters is 1. The minimum absolute atomic E-state index is 0.159. The molecule has 0 aliphatic carbocycles. The van der Waals surface area contributed by atoms with Gasteiger partial charge in [0.15, 0.2) is 0 Å². The number of hydrogen-bond donors (Lipinski definition) is 0. The molecule has 0 saturated carbocycles. The first-order chi connectivity index (χ1) is 30.8. The van der Waals surface area contributed by atoms with E-state index in [1.807, 2.05) is 50.2 Å². The minimum Gasteiger partial charge on any atom is -0.426 e. The molecule has 1 aromatic heterocycles. The van der Waals surface area contributed by atoms with Gasteiger partial charge in [-0.15, -0.1) is 0 Å². The molecule has 2 atom stereocenters. The van der Waals surface area contributed by atoms with Crippen LogP contribution in [0.2, 0.25) is 0 Å². The van der Waals surface area contributed by atoms with E-state index in [4.69, 9.17) is 4.74 Å². The number of para-hydroxylation sites is 5. The molecule has 0 N–H and O–H groups in total.